The summed E-state index contributed by atoms with van der Waals surface area (Å²) >= 11 is 5.96. The second-order valence-corrected chi connectivity index (χ2v) is 4.76. The lowest BCUT2D eigenvalue weighted by Gasteiger charge is -2.18. The van der Waals surface area contributed by atoms with Crippen molar-refractivity contribution in [2.75, 3.05) is 6.61 Å². The number of hydrogen-bond acceptors (Lipinski definition) is 2. The maximum Gasteiger partial charge on any atom is 0.138 e. The first kappa shape index (κ1) is 11.7. The van der Waals surface area contributed by atoms with E-state index in [0.29, 0.717) is 23.3 Å². The van der Waals surface area contributed by atoms with Gasteiger partial charge in [0.25, 0.3) is 0 Å². The van der Waals surface area contributed by atoms with E-state index in [1.807, 2.05) is 18.2 Å². The average Bonchev–Trinajstić information content (AvgIpc) is 2.81. The number of rotatable bonds is 4. The van der Waals surface area contributed by atoms with Crippen molar-refractivity contribution in [1.82, 2.24) is 0 Å². The topological polar surface area (TPSA) is 29.5 Å². The Kier molecular flexibility index (Phi) is 4.08. The zero-order valence-corrected chi connectivity index (χ0v) is 9.99. The molecule has 1 atom stereocenters. The lowest BCUT2D eigenvalue weighted by Crippen LogP contribution is -2.25. The van der Waals surface area contributed by atoms with Crippen LogP contribution in [0.1, 0.15) is 25.7 Å². The number of para-hydroxylation sites is 1. The molecule has 0 bridgehead atoms. The summed E-state index contributed by atoms with van der Waals surface area (Å²) < 4.78 is 5.53. The molecule has 1 saturated carbocycles. The predicted octanol–water partition coefficient (Wildman–Crippen LogP) is 3.27. The molecule has 0 heterocycles. The molecule has 0 saturated heterocycles. The van der Waals surface area contributed by atoms with Crippen molar-refractivity contribution in [3.8, 4) is 5.75 Å². The molecule has 0 spiro atoms. The summed E-state index contributed by atoms with van der Waals surface area (Å²) in [6, 6.07) is 7.36. The van der Waals surface area contributed by atoms with Crippen molar-refractivity contribution in [2.24, 2.45) is 5.92 Å². The van der Waals surface area contributed by atoms with E-state index in [1.165, 1.54) is 12.8 Å². The number of benzene rings is 1. The van der Waals surface area contributed by atoms with Crippen LogP contribution in [0.5, 0.6) is 5.75 Å². The number of ether oxygens (including phenoxy) is 1. The van der Waals surface area contributed by atoms with E-state index in [4.69, 9.17) is 16.3 Å². The van der Waals surface area contributed by atoms with Crippen LogP contribution in [0.25, 0.3) is 0 Å². The van der Waals surface area contributed by atoms with Gasteiger partial charge in [0.1, 0.15) is 12.4 Å². The van der Waals surface area contributed by atoms with Gasteiger partial charge in [-0.1, -0.05) is 36.6 Å². The van der Waals surface area contributed by atoms with Gasteiger partial charge in [-0.05, 0) is 30.9 Å². The Morgan fingerprint density at radius 3 is 2.69 bits per heavy atom. The first-order chi connectivity index (χ1) is 7.77. The third-order valence-corrected chi connectivity index (χ3v) is 3.50. The molecule has 0 amide bonds. The Labute approximate surface area is 101 Å². The van der Waals surface area contributed by atoms with Gasteiger partial charge < -0.3 is 9.84 Å². The van der Waals surface area contributed by atoms with Crippen LogP contribution in [0.3, 0.4) is 0 Å². The molecule has 2 rings (SSSR count). The molecule has 0 aliphatic heterocycles. The molecular formula is C13H17ClO2. The summed E-state index contributed by atoms with van der Waals surface area (Å²) in [7, 11) is 0. The van der Waals surface area contributed by atoms with Gasteiger partial charge in [0.15, 0.2) is 0 Å². The maximum atomic E-state index is 9.93. The first-order valence-corrected chi connectivity index (χ1v) is 6.20. The minimum atomic E-state index is -0.362. The Bertz CT molecular complexity index is 334. The van der Waals surface area contributed by atoms with Gasteiger partial charge in [-0.15, -0.1) is 0 Å². The third-order valence-electron chi connectivity index (χ3n) is 3.19. The SMILES string of the molecule is OC(COc1ccccc1Cl)C1CCCC1. The largest absolute Gasteiger partial charge is 0.489 e. The van der Waals surface area contributed by atoms with E-state index in [0.717, 1.165) is 12.8 Å². The molecule has 0 radical (unpaired) electrons. The van der Waals surface area contributed by atoms with Crippen LogP contribution in [0, 0.1) is 5.92 Å². The predicted molar refractivity (Wildman–Crippen MR) is 64.9 cm³/mol. The highest BCUT2D eigenvalue weighted by molar-refractivity contribution is 6.32. The van der Waals surface area contributed by atoms with Gasteiger partial charge >= 0.3 is 0 Å². The Hall–Kier alpha value is -0.730. The van der Waals surface area contributed by atoms with Gasteiger partial charge in [-0.2, -0.15) is 0 Å². The summed E-state index contributed by atoms with van der Waals surface area (Å²) in [5.74, 6) is 1.06. The van der Waals surface area contributed by atoms with E-state index in [-0.39, 0.29) is 6.10 Å². The van der Waals surface area contributed by atoms with Crippen molar-refractivity contribution in [1.29, 1.82) is 0 Å². The molecule has 1 aromatic carbocycles. The molecule has 1 aliphatic rings. The highest BCUT2D eigenvalue weighted by atomic mass is 35.5. The fraction of sp³-hybridized carbons (Fsp3) is 0.538. The zero-order valence-electron chi connectivity index (χ0n) is 9.23. The van der Waals surface area contributed by atoms with E-state index >= 15 is 0 Å². The van der Waals surface area contributed by atoms with Crippen molar-refractivity contribution in [3.05, 3.63) is 29.3 Å². The Morgan fingerprint density at radius 2 is 2.00 bits per heavy atom. The molecule has 1 aliphatic carbocycles. The Morgan fingerprint density at radius 1 is 1.31 bits per heavy atom. The van der Waals surface area contributed by atoms with E-state index < -0.39 is 0 Å². The van der Waals surface area contributed by atoms with E-state index in [9.17, 15) is 5.11 Å². The number of aliphatic hydroxyl groups is 1. The minimum absolute atomic E-state index is 0.342. The zero-order chi connectivity index (χ0) is 11.4. The van der Waals surface area contributed by atoms with Crippen LogP contribution in [-0.2, 0) is 0 Å². The van der Waals surface area contributed by atoms with Gasteiger partial charge in [0, 0.05) is 0 Å². The van der Waals surface area contributed by atoms with Crippen LogP contribution < -0.4 is 4.74 Å². The fourth-order valence-corrected chi connectivity index (χ4v) is 2.41. The molecule has 1 unspecified atom stereocenters. The molecular weight excluding hydrogens is 224 g/mol. The number of hydrogen-bond donors (Lipinski definition) is 1. The van der Waals surface area contributed by atoms with Crippen molar-refractivity contribution >= 4 is 11.6 Å². The highest BCUT2D eigenvalue weighted by Gasteiger charge is 2.23. The smallest absolute Gasteiger partial charge is 0.138 e. The standard InChI is InChI=1S/C13H17ClO2/c14-11-7-3-4-8-13(11)16-9-12(15)10-5-1-2-6-10/h3-4,7-8,10,12,15H,1-2,5-6,9H2. The van der Waals surface area contributed by atoms with Crippen LogP contribution >= 0.6 is 11.6 Å². The van der Waals surface area contributed by atoms with E-state index in [2.05, 4.69) is 0 Å². The first-order valence-electron chi connectivity index (χ1n) is 5.83. The van der Waals surface area contributed by atoms with Gasteiger partial charge in [0.2, 0.25) is 0 Å². The van der Waals surface area contributed by atoms with Crippen molar-refractivity contribution < 1.29 is 9.84 Å². The molecule has 3 heteroatoms. The van der Waals surface area contributed by atoms with Crippen LogP contribution in [0.4, 0.5) is 0 Å². The minimum Gasteiger partial charge on any atom is -0.489 e. The normalized spacial score (nSPS) is 18.6. The fourth-order valence-electron chi connectivity index (χ4n) is 2.22. The van der Waals surface area contributed by atoms with Crippen molar-refractivity contribution in [2.45, 2.75) is 31.8 Å². The lowest BCUT2D eigenvalue weighted by molar-refractivity contribution is 0.0594. The van der Waals surface area contributed by atoms with Gasteiger partial charge in [-0.25, -0.2) is 0 Å². The Balaban J connectivity index is 1.84. The summed E-state index contributed by atoms with van der Waals surface area (Å²) in [4.78, 5) is 0. The second-order valence-electron chi connectivity index (χ2n) is 4.35. The van der Waals surface area contributed by atoms with Gasteiger partial charge in [-0.3, -0.25) is 0 Å². The maximum absolute atomic E-state index is 9.93. The number of aliphatic hydroxyl groups excluding tert-OH is 1. The number of halogens is 1. The second kappa shape index (κ2) is 5.55. The summed E-state index contributed by atoms with van der Waals surface area (Å²) in [6.45, 7) is 0.342. The molecule has 1 N–H and O–H groups in total. The molecule has 1 aromatic rings. The molecule has 88 valence electrons. The van der Waals surface area contributed by atoms with Crippen LogP contribution in [0.15, 0.2) is 24.3 Å². The summed E-state index contributed by atoms with van der Waals surface area (Å²) in [5.41, 5.74) is 0. The molecule has 1 fully saturated rings. The highest BCUT2D eigenvalue weighted by Crippen LogP contribution is 2.29. The van der Waals surface area contributed by atoms with Crippen LogP contribution in [0.2, 0.25) is 5.02 Å². The van der Waals surface area contributed by atoms with Crippen LogP contribution in [-0.4, -0.2) is 17.8 Å². The average molecular weight is 241 g/mol. The lowest BCUT2D eigenvalue weighted by atomic mass is 10.0. The van der Waals surface area contributed by atoms with Crippen molar-refractivity contribution in [3.63, 3.8) is 0 Å². The molecule has 2 nitrogen and oxygen atoms in total. The quantitative estimate of drug-likeness (QED) is 0.875. The molecule has 0 aromatic heterocycles. The monoisotopic (exact) mass is 240 g/mol. The third kappa shape index (κ3) is 2.89. The summed E-state index contributed by atoms with van der Waals surface area (Å²) in [6.07, 6.45) is 4.33. The van der Waals surface area contributed by atoms with E-state index in [1.54, 1.807) is 6.07 Å². The summed E-state index contributed by atoms with van der Waals surface area (Å²) in [5, 5.41) is 10.5. The van der Waals surface area contributed by atoms with Gasteiger partial charge in [0.05, 0.1) is 11.1 Å². The molecule has 16 heavy (non-hydrogen) atoms.